The molecule has 0 bridgehead atoms. The van der Waals surface area contributed by atoms with E-state index in [0.717, 1.165) is 5.56 Å². The van der Waals surface area contributed by atoms with Gasteiger partial charge in [0.2, 0.25) is 0 Å². The first kappa shape index (κ1) is 15.1. The highest BCUT2D eigenvalue weighted by molar-refractivity contribution is 6.31. The van der Waals surface area contributed by atoms with Crippen LogP contribution in [-0.4, -0.2) is 5.84 Å². The lowest BCUT2D eigenvalue weighted by Crippen LogP contribution is -2.31. The van der Waals surface area contributed by atoms with Gasteiger partial charge in [-0.25, -0.2) is 5.84 Å². The number of nitrogens with one attached hydrogen (secondary N) is 1. The van der Waals surface area contributed by atoms with E-state index in [0.29, 0.717) is 33.2 Å². The fourth-order valence-corrected chi connectivity index (χ4v) is 2.43. The van der Waals surface area contributed by atoms with Crippen molar-refractivity contribution in [1.29, 1.82) is 0 Å². The molecule has 0 aliphatic carbocycles. The van der Waals surface area contributed by atoms with E-state index < -0.39 is 0 Å². The Balaban J connectivity index is 2.07. The van der Waals surface area contributed by atoms with Crippen LogP contribution in [0, 0.1) is 0 Å². The highest BCUT2D eigenvalue weighted by Crippen LogP contribution is 2.24. The Labute approximate surface area is 136 Å². The number of nitrogens with zero attached hydrogens (tertiary/aromatic N) is 1. The van der Waals surface area contributed by atoms with E-state index in [9.17, 15) is 4.79 Å². The molecule has 0 saturated carbocycles. The molecule has 0 unspecified atom stereocenters. The summed E-state index contributed by atoms with van der Waals surface area (Å²) >= 11 is 5.90. The molecule has 3 rings (SSSR count). The maximum absolute atomic E-state index is 12.2. The van der Waals surface area contributed by atoms with Crippen molar-refractivity contribution in [3.8, 4) is 11.3 Å². The lowest BCUT2D eigenvalue weighted by atomic mass is 10.1. The predicted molar refractivity (Wildman–Crippen MR) is 91.0 cm³/mol. The summed E-state index contributed by atoms with van der Waals surface area (Å²) in [5.41, 5.74) is 4.20. The highest BCUT2D eigenvalue weighted by atomic mass is 35.5. The summed E-state index contributed by atoms with van der Waals surface area (Å²) in [6.07, 6.45) is 0. The van der Waals surface area contributed by atoms with E-state index in [1.165, 1.54) is 6.07 Å². The summed E-state index contributed by atoms with van der Waals surface area (Å²) in [5, 5.41) is 4.47. The molecule has 0 amide bonds. The Morgan fingerprint density at radius 2 is 1.87 bits per heavy atom. The van der Waals surface area contributed by atoms with Crippen LogP contribution in [0.4, 0.5) is 0 Å². The van der Waals surface area contributed by atoms with Crippen molar-refractivity contribution < 1.29 is 4.42 Å². The van der Waals surface area contributed by atoms with Gasteiger partial charge in [0.05, 0.1) is 5.39 Å². The van der Waals surface area contributed by atoms with E-state index in [1.54, 1.807) is 42.5 Å². The third-order valence-corrected chi connectivity index (χ3v) is 3.63. The molecule has 0 aliphatic rings. The number of hydrogen-bond acceptors (Lipinski definition) is 5. The van der Waals surface area contributed by atoms with E-state index in [1.807, 2.05) is 0 Å². The molecule has 1 heterocycles. The summed E-state index contributed by atoms with van der Waals surface area (Å²) in [6, 6.07) is 13.5. The second-order valence-electron chi connectivity index (χ2n) is 4.81. The molecule has 23 heavy (non-hydrogen) atoms. The van der Waals surface area contributed by atoms with Gasteiger partial charge in [0.25, 0.3) is 0 Å². The molecular formula is C16H13ClN4O2. The molecule has 0 aliphatic heterocycles. The van der Waals surface area contributed by atoms with Gasteiger partial charge in [0, 0.05) is 22.2 Å². The first-order chi connectivity index (χ1) is 11.1. The minimum atomic E-state index is -0.152. The number of rotatable bonds is 2. The van der Waals surface area contributed by atoms with Gasteiger partial charge in [-0.15, -0.1) is 0 Å². The Morgan fingerprint density at radius 1 is 1.13 bits per heavy atom. The van der Waals surface area contributed by atoms with E-state index in [2.05, 4.69) is 10.5 Å². The normalized spacial score (nSPS) is 11.7. The van der Waals surface area contributed by atoms with Crippen LogP contribution in [-0.2, 0) is 0 Å². The van der Waals surface area contributed by atoms with Crippen LogP contribution in [0.2, 0.25) is 5.02 Å². The Hall–Kier alpha value is -2.83. The molecular weight excluding hydrogens is 316 g/mol. The third kappa shape index (κ3) is 2.90. The molecule has 7 heteroatoms. The molecule has 1 aromatic heterocycles. The van der Waals surface area contributed by atoms with Crippen molar-refractivity contribution in [2.75, 3.05) is 0 Å². The van der Waals surface area contributed by atoms with Gasteiger partial charge in [0.15, 0.2) is 11.3 Å². The average molecular weight is 329 g/mol. The van der Waals surface area contributed by atoms with Crippen LogP contribution in [0.3, 0.4) is 0 Å². The van der Waals surface area contributed by atoms with Crippen molar-refractivity contribution in [2.24, 2.45) is 16.8 Å². The van der Waals surface area contributed by atoms with Crippen LogP contribution in [0.1, 0.15) is 5.56 Å². The van der Waals surface area contributed by atoms with Gasteiger partial charge in [0.1, 0.15) is 11.3 Å². The number of nitrogens with two attached hydrogens (primary N) is 2. The first-order valence-electron chi connectivity index (χ1n) is 6.71. The quantitative estimate of drug-likeness (QED) is 0.289. The zero-order valence-electron chi connectivity index (χ0n) is 11.9. The summed E-state index contributed by atoms with van der Waals surface area (Å²) in [5.74, 6) is 11.4. The number of fused-ring (bicyclic) bond motifs is 1. The molecule has 0 saturated heterocycles. The molecule has 0 spiro atoms. The highest BCUT2D eigenvalue weighted by Gasteiger charge is 2.08. The zero-order chi connectivity index (χ0) is 16.4. The fourth-order valence-electron chi connectivity index (χ4n) is 2.26. The van der Waals surface area contributed by atoms with Crippen molar-refractivity contribution in [1.82, 2.24) is 5.43 Å². The second-order valence-corrected chi connectivity index (χ2v) is 5.25. The molecule has 116 valence electrons. The zero-order valence-corrected chi connectivity index (χ0v) is 12.7. The Bertz CT molecular complexity index is 948. The van der Waals surface area contributed by atoms with E-state index in [-0.39, 0.29) is 5.43 Å². The van der Waals surface area contributed by atoms with Gasteiger partial charge in [-0.2, -0.15) is 5.10 Å². The molecule has 6 nitrogen and oxygen atoms in total. The van der Waals surface area contributed by atoms with Crippen LogP contribution >= 0.6 is 11.6 Å². The van der Waals surface area contributed by atoms with E-state index in [4.69, 9.17) is 27.7 Å². The molecule has 5 N–H and O–H groups in total. The van der Waals surface area contributed by atoms with Crippen molar-refractivity contribution in [3.63, 3.8) is 0 Å². The third-order valence-electron chi connectivity index (χ3n) is 3.40. The van der Waals surface area contributed by atoms with E-state index >= 15 is 0 Å². The van der Waals surface area contributed by atoms with Gasteiger partial charge in [-0.3, -0.25) is 4.79 Å². The summed E-state index contributed by atoms with van der Waals surface area (Å²) < 4.78 is 5.78. The standard InChI is InChI=1S/C16H13ClN4O2/c17-11-5-6-14-12(7-11)13(22)8-15(23-14)9-1-3-10(4-2-9)16(20-18)21-19/h1-8H,18-19H2,(H,20,21). The predicted octanol–water partition coefficient (Wildman–Crippen LogP) is 2.20. The minimum Gasteiger partial charge on any atom is -0.456 e. The maximum Gasteiger partial charge on any atom is 0.193 e. The van der Waals surface area contributed by atoms with Gasteiger partial charge < -0.3 is 15.7 Å². The Kier molecular flexibility index (Phi) is 4.01. The van der Waals surface area contributed by atoms with Crippen LogP contribution in [0.15, 0.2) is 62.8 Å². The largest absolute Gasteiger partial charge is 0.456 e. The van der Waals surface area contributed by atoms with Crippen molar-refractivity contribution >= 4 is 28.4 Å². The van der Waals surface area contributed by atoms with Crippen LogP contribution in [0.25, 0.3) is 22.3 Å². The van der Waals surface area contributed by atoms with Crippen molar-refractivity contribution in [3.05, 3.63) is 69.3 Å². The molecule has 0 fully saturated rings. The minimum absolute atomic E-state index is 0.152. The number of benzene rings is 2. The lowest BCUT2D eigenvalue weighted by molar-refractivity contribution is 0.619. The van der Waals surface area contributed by atoms with Crippen molar-refractivity contribution in [2.45, 2.75) is 0 Å². The Morgan fingerprint density at radius 3 is 2.52 bits per heavy atom. The topological polar surface area (TPSA) is 107 Å². The number of hydrogen-bond donors (Lipinski definition) is 3. The van der Waals surface area contributed by atoms with Gasteiger partial charge >= 0.3 is 0 Å². The SMILES string of the molecule is N/N=C(\NN)c1ccc(-c2cc(=O)c3cc(Cl)ccc3o2)cc1. The monoisotopic (exact) mass is 328 g/mol. The maximum atomic E-state index is 12.2. The van der Waals surface area contributed by atoms with Gasteiger partial charge in [-0.05, 0) is 18.2 Å². The number of amidine groups is 1. The molecule has 0 radical (unpaired) electrons. The lowest BCUT2D eigenvalue weighted by Gasteiger charge is -2.06. The van der Waals surface area contributed by atoms with Crippen LogP contribution in [0.5, 0.6) is 0 Å². The second kappa shape index (κ2) is 6.12. The van der Waals surface area contributed by atoms with Crippen LogP contribution < -0.4 is 22.5 Å². The fraction of sp³-hybridized carbons (Fsp3) is 0. The number of hydrazone groups is 1. The number of hydrazine groups is 1. The summed E-state index contributed by atoms with van der Waals surface area (Å²) in [6.45, 7) is 0. The van der Waals surface area contributed by atoms with Gasteiger partial charge in [-0.1, -0.05) is 35.9 Å². The molecule has 2 aromatic carbocycles. The summed E-state index contributed by atoms with van der Waals surface area (Å²) in [4.78, 5) is 12.2. The first-order valence-corrected chi connectivity index (χ1v) is 7.09. The average Bonchev–Trinajstić information content (AvgIpc) is 2.57. The molecule has 3 aromatic rings. The smallest absolute Gasteiger partial charge is 0.193 e. The molecule has 0 atom stereocenters. The number of halogens is 1. The summed E-state index contributed by atoms with van der Waals surface area (Å²) in [7, 11) is 0.